The molecule has 0 radical (unpaired) electrons. The monoisotopic (exact) mass is 182 g/mol. The van der Waals surface area contributed by atoms with Crippen LogP contribution in [-0.2, 0) is 9.53 Å². The predicted molar refractivity (Wildman–Crippen MR) is 52.3 cm³/mol. The average Bonchev–Trinajstić information content (AvgIpc) is 2.55. The van der Waals surface area contributed by atoms with E-state index in [1.54, 1.807) is 5.57 Å². The van der Waals surface area contributed by atoms with Crippen molar-refractivity contribution in [3.63, 3.8) is 0 Å². The maximum absolute atomic E-state index is 10.5. The summed E-state index contributed by atoms with van der Waals surface area (Å²) in [6, 6.07) is 0. The van der Waals surface area contributed by atoms with Gasteiger partial charge in [-0.1, -0.05) is 18.6 Å². The topological polar surface area (TPSA) is 26.3 Å². The number of hydrogen-bond donors (Lipinski definition) is 0. The van der Waals surface area contributed by atoms with Gasteiger partial charge in [0.25, 0.3) is 0 Å². The fourth-order valence-electron chi connectivity index (χ4n) is 1.71. The first-order valence-electron chi connectivity index (χ1n) is 5.02. The fourth-order valence-corrected chi connectivity index (χ4v) is 1.71. The summed E-state index contributed by atoms with van der Waals surface area (Å²) in [7, 11) is 0. The van der Waals surface area contributed by atoms with E-state index in [0.717, 1.165) is 6.42 Å². The summed E-state index contributed by atoms with van der Waals surface area (Å²) in [5.74, 6) is 0.412. The molecule has 0 saturated heterocycles. The number of esters is 1. The summed E-state index contributed by atoms with van der Waals surface area (Å²) in [5, 5.41) is 0. The highest BCUT2D eigenvalue weighted by Gasteiger charge is 2.12. The molecule has 0 unspecified atom stereocenters. The lowest BCUT2D eigenvalue weighted by atomic mass is 9.98. The Balaban J connectivity index is 2.17. The van der Waals surface area contributed by atoms with Crippen molar-refractivity contribution in [3.05, 3.63) is 11.6 Å². The van der Waals surface area contributed by atoms with Crippen LogP contribution in [0, 0.1) is 5.92 Å². The van der Waals surface area contributed by atoms with Gasteiger partial charge in [-0.25, -0.2) is 0 Å². The Bertz CT molecular complexity index is 206. The molecular formula is C11H18O2. The second-order valence-corrected chi connectivity index (χ2v) is 3.70. The SMILES string of the molecule is CC(=O)OCC[C@H](C)C1=CCCC1. The van der Waals surface area contributed by atoms with Crippen LogP contribution in [0.1, 0.15) is 39.5 Å². The average molecular weight is 182 g/mol. The van der Waals surface area contributed by atoms with Gasteiger partial charge in [0.1, 0.15) is 0 Å². The van der Waals surface area contributed by atoms with Crippen molar-refractivity contribution in [3.8, 4) is 0 Å². The van der Waals surface area contributed by atoms with E-state index >= 15 is 0 Å². The van der Waals surface area contributed by atoms with Crippen LogP contribution in [0.5, 0.6) is 0 Å². The molecule has 0 fully saturated rings. The summed E-state index contributed by atoms with van der Waals surface area (Å²) in [4.78, 5) is 10.5. The van der Waals surface area contributed by atoms with Crippen molar-refractivity contribution < 1.29 is 9.53 Å². The highest BCUT2D eigenvalue weighted by molar-refractivity contribution is 5.65. The Morgan fingerprint density at radius 2 is 2.46 bits per heavy atom. The summed E-state index contributed by atoms with van der Waals surface area (Å²) < 4.78 is 4.91. The van der Waals surface area contributed by atoms with Gasteiger partial charge in [-0.3, -0.25) is 4.79 Å². The van der Waals surface area contributed by atoms with E-state index in [1.165, 1.54) is 26.2 Å². The minimum absolute atomic E-state index is 0.174. The van der Waals surface area contributed by atoms with Gasteiger partial charge in [0.2, 0.25) is 0 Å². The van der Waals surface area contributed by atoms with E-state index in [0.29, 0.717) is 12.5 Å². The molecule has 1 rings (SSSR count). The smallest absolute Gasteiger partial charge is 0.302 e. The molecule has 0 spiro atoms. The van der Waals surface area contributed by atoms with E-state index in [-0.39, 0.29) is 5.97 Å². The van der Waals surface area contributed by atoms with Gasteiger partial charge in [-0.05, 0) is 31.6 Å². The molecule has 1 aliphatic rings. The second-order valence-electron chi connectivity index (χ2n) is 3.70. The molecule has 2 nitrogen and oxygen atoms in total. The van der Waals surface area contributed by atoms with Gasteiger partial charge in [-0.2, -0.15) is 0 Å². The molecule has 0 aliphatic heterocycles. The normalized spacial score (nSPS) is 18.2. The van der Waals surface area contributed by atoms with E-state index in [1.807, 2.05) is 0 Å². The first-order chi connectivity index (χ1) is 6.20. The molecule has 2 heteroatoms. The Labute approximate surface area is 80.0 Å². The Morgan fingerprint density at radius 1 is 1.69 bits per heavy atom. The third-order valence-corrected chi connectivity index (χ3v) is 2.57. The molecule has 1 aliphatic carbocycles. The molecule has 1 atom stereocenters. The van der Waals surface area contributed by atoms with Crippen molar-refractivity contribution in [1.29, 1.82) is 0 Å². The van der Waals surface area contributed by atoms with Gasteiger partial charge in [0.05, 0.1) is 6.61 Å². The minimum Gasteiger partial charge on any atom is -0.466 e. The predicted octanol–water partition coefficient (Wildman–Crippen LogP) is 2.69. The summed E-state index contributed by atoms with van der Waals surface area (Å²) in [6.07, 6.45) is 7.06. The molecule has 0 N–H and O–H groups in total. The van der Waals surface area contributed by atoms with Gasteiger partial charge in [0.15, 0.2) is 0 Å². The van der Waals surface area contributed by atoms with Crippen molar-refractivity contribution in [2.24, 2.45) is 5.92 Å². The van der Waals surface area contributed by atoms with Gasteiger partial charge >= 0.3 is 5.97 Å². The molecule has 13 heavy (non-hydrogen) atoms. The van der Waals surface area contributed by atoms with E-state index in [4.69, 9.17) is 4.74 Å². The number of ether oxygens (including phenoxy) is 1. The highest BCUT2D eigenvalue weighted by atomic mass is 16.5. The van der Waals surface area contributed by atoms with Crippen LogP contribution in [0.3, 0.4) is 0 Å². The highest BCUT2D eigenvalue weighted by Crippen LogP contribution is 2.26. The fraction of sp³-hybridized carbons (Fsp3) is 0.727. The number of allylic oxidation sites excluding steroid dienone is 2. The molecular weight excluding hydrogens is 164 g/mol. The van der Waals surface area contributed by atoms with Crippen LogP contribution in [0.15, 0.2) is 11.6 Å². The Morgan fingerprint density at radius 3 is 3.00 bits per heavy atom. The van der Waals surface area contributed by atoms with Crippen molar-refractivity contribution in [1.82, 2.24) is 0 Å². The molecule has 0 heterocycles. The molecule has 0 aromatic rings. The zero-order valence-electron chi connectivity index (χ0n) is 8.51. The third kappa shape index (κ3) is 3.62. The Kier molecular flexibility index (Phi) is 4.00. The zero-order chi connectivity index (χ0) is 9.68. The van der Waals surface area contributed by atoms with Crippen LogP contribution < -0.4 is 0 Å². The minimum atomic E-state index is -0.174. The molecule has 0 amide bonds. The molecule has 0 bridgehead atoms. The van der Waals surface area contributed by atoms with Crippen LogP contribution >= 0.6 is 0 Å². The molecule has 74 valence electrons. The lowest BCUT2D eigenvalue weighted by molar-refractivity contribution is -0.141. The van der Waals surface area contributed by atoms with Crippen LogP contribution in [-0.4, -0.2) is 12.6 Å². The molecule has 0 aromatic carbocycles. The maximum atomic E-state index is 10.5. The van der Waals surface area contributed by atoms with Crippen LogP contribution in [0.25, 0.3) is 0 Å². The Hall–Kier alpha value is -0.790. The van der Waals surface area contributed by atoms with E-state index < -0.39 is 0 Å². The third-order valence-electron chi connectivity index (χ3n) is 2.57. The second kappa shape index (κ2) is 5.05. The summed E-state index contributed by atoms with van der Waals surface area (Å²) in [5.41, 5.74) is 1.55. The summed E-state index contributed by atoms with van der Waals surface area (Å²) >= 11 is 0. The standard InChI is InChI=1S/C11H18O2/c1-9(7-8-13-10(2)12)11-5-3-4-6-11/h5,9H,3-4,6-8H2,1-2H3/t9-/m0/s1. The lowest BCUT2D eigenvalue weighted by Gasteiger charge is -2.12. The van der Waals surface area contributed by atoms with Crippen LogP contribution in [0.2, 0.25) is 0 Å². The number of hydrogen-bond acceptors (Lipinski definition) is 2. The largest absolute Gasteiger partial charge is 0.466 e. The van der Waals surface area contributed by atoms with E-state index in [2.05, 4.69) is 13.0 Å². The van der Waals surface area contributed by atoms with Gasteiger partial charge in [-0.15, -0.1) is 0 Å². The van der Waals surface area contributed by atoms with Gasteiger partial charge < -0.3 is 4.74 Å². The van der Waals surface area contributed by atoms with Crippen molar-refractivity contribution in [2.75, 3.05) is 6.61 Å². The van der Waals surface area contributed by atoms with Crippen molar-refractivity contribution >= 4 is 5.97 Å². The van der Waals surface area contributed by atoms with E-state index in [9.17, 15) is 4.79 Å². The molecule has 0 aromatic heterocycles. The van der Waals surface area contributed by atoms with Gasteiger partial charge in [0, 0.05) is 6.92 Å². The quantitative estimate of drug-likeness (QED) is 0.493. The van der Waals surface area contributed by atoms with Crippen molar-refractivity contribution in [2.45, 2.75) is 39.5 Å². The number of carbonyl (C=O) groups excluding carboxylic acids is 1. The molecule has 0 saturated carbocycles. The van der Waals surface area contributed by atoms with Crippen LogP contribution in [0.4, 0.5) is 0 Å². The summed E-state index contributed by atoms with van der Waals surface area (Å²) in [6.45, 7) is 4.23. The zero-order valence-corrected chi connectivity index (χ0v) is 8.51. The first kappa shape index (κ1) is 10.3. The number of rotatable bonds is 4. The maximum Gasteiger partial charge on any atom is 0.302 e. The lowest BCUT2D eigenvalue weighted by Crippen LogP contribution is -2.06. The first-order valence-corrected chi connectivity index (χ1v) is 5.02. The number of carbonyl (C=O) groups is 1.